The summed E-state index contributed by atoms with van der Waals surface area (Å²) >= 11 is 3.25. The number of fused-ring (bicyclic) bond motifs is 1. The second-order valence-electron chi connectivity index (χ2n) is 5.59. The topological polar surface area (TPSA) is 108 Å². The molecule has 3 rings (SSSR count). The van der Waals surface area contributed by atoms with E-state index >= 15 is 0 Å². The minimum absolute atomic E-state index is 0.0635. The zero-order valence-corrected chi connectivity index (χ0v) is 15.0. The summed E-state index contributed by atoms with van der Waals surface area (Å²) in [4.78, 5) is 22.1. The third-order valence-electron chi connectivity index (χ3n) is 4.03. The number of hydrogen-bond acceptors (Lipinski definition) is 7. The first-order valence-electron chi connectivity index (χ1n) is 7.20. The number of hydrogen-bond donors (Lipinski definition) is 1. The van der Waals surface area contributed by atoms with E-state index in [1.165, 1.54) is 6.20 Å². The summed E-state index contributed by atoms with van der Waals surface area (Å²) in [6, 6.07) is 0. The molecule has 0 atom stereocenters. The van der Waals surface area contributed by atoms with Crippen LogP contribution in [0.15, 0.2) is 10.8 Å². The van der Waals surface area contributed by atoms with Gasteiger partial charge in [0.15, 0.2) is 12.0 Å². The fraction of sp³-hybridized carbons (Fsp3) is 0.333. The van der Waals surface area contributed by atoms with Crippen LogP contribution in [0.3, 0.4) is 0 Å². The molecule has 0 saturated heterocycles. The number of ketones is 1. The molecule has 0 radical (unpaired) electrons. The minimum atomic E-state index is -0.119. The van der Waals surface area contributed by atoms with Gasteiger partial charge < -0.3 is 20.6 Å². The van der Waals surface area contributed by atoms with E-state index in [-0.39, 0.29) is 24.8 Å². The number of aryl methyl sites for hydroxylation is 1. The van der Waals surface area contributed by atoms with Crippen LogP contribution in [0.1, 0.15) is 27.2 Å². The van der Waals surface area contributed by atoms with Crippen LogP contribution < -0.4 is 20.1 Å². The normalized spacial score (nSPS) is 13.3. The molecule has 126 valence electrons. The summed E-state index contributed by atoms with van der Waals surface area (Å²) in [7, 11) is 1.56. The number of carbonyl (C=O) groups excluding carboxylic acids is 1. The Morgan fingerprint density at radius 3 is 2.83 bits per heavy atom. The highest BCUT2D eigenvalue weighted by Gasteiger charge is 2.34. The second kappa shape index (κ2) is 5.90. The molecule has 24 heavy (non-hydrogen) atoms. The number of pyridine rings is 1. The molecular weight excluding hydrogens is 378 g/mol. The first-order valence-corrected chi connectivity index (χ1v) is 8.00. The van der Waals surface area contributed by atoms with Gasteiger partial charge in [-0.15, -0.1) is 0 Å². The van der Waals surface area contributed by atoms with Crippen LogP contribution in [0, 0.1) is 19.1 Å². The fourth-order valence-corrected chi connectivity index (χ4v) is 3.53. The van der Waals surface area contributed by atoms with Crippen molar-refractivity contribution in [2.24, 2.45) is 0 Å². The third-order valence-corrected chi connectivity index (χ3v) is 4.60. The molecule has 0 saturated carbocycles. The quantitative estimate of drug-likeness (QED) is 0.475. The highest BCUT2D eigenvalue weighted by molar-refractivity contribution is 9.10. The lowest BCUT2D eigenvalue weighted by Crippen LogP contribution is -2.38. The van der Waals surface area contributed by atoms with E-state index in [4.69, 9.17) is 10.5 Å². The van der Waals surface area contributed by atoms with Crippen LogP contribution in [0.2, 0.25) is 0 Å². The van der Waals surface area contributed by atoms with Gasteiger partial charge in [0.2, 0.25) is 11.6 Å². The van der Waals surface area contributed by atoms with Gasteiger partial charge in [-0.25, -0.2) is 4.98 Å². The lowest BCUT2D eigenvalue weighted by Gasteiger charge is -2.19. The molecule has 0 aromatic carbocycles. The molecule has 0 aliphatic carbocycles. The van der Waals surface area contributed by atoms with Crippen LogP contribution >= 0.6 is 15.9 Å². The Bertz CT molecular complexity index is 856. The molecule has 9 heteroatoms. The van der Waals surface area contributed by atoms with E-state index in [1.807, 2.05) is 13.8 Å². The molecule has 0 spiro atoms. The summed E-state index contributed by atoms with van der Waals surface area (Å²) in [5.41, 5.74) is 8.04. The average molecular weight is 394 g/mol. The number of nitrogen functional groups attached to an aromatic ring is 1. The number of Topliss-reactive ketones (excluding diaryl/α,β-unsaturated/α-hetero) is 1. The summed E-state index contributed by atoms with van der Waals surface area (Å²) in [6.45, 7) is 3.96. The number of aromatic nitrogens is 3. The minimum Gasteiger partial charge on any atom is -0.618 e. The SMILES string of the molecule is COc1c(C)c[n+]([O-])c(CN2CC(=O)c3c(Br)nc(N)nc32)c1C. The van der Waals surface area contributed by atoms with Crippen LogP contribution in [0.4, 0.5) is 11.8 Å². The van der Waals surface area contributed by atoms with Crippen molar-refractivity contribution in [1.82, 2.24) is 9.97 Å². The number of halogens is 1. The van der Waals surface area contributed by atoms with Crippen molar-refractivity contribution in [1.29, 1.82) is 0 Å². The number of rotatable bonds is 3. The van der Waals surface area contributed by atoms with Crippen molar-refractivity contribution in [3.8, 4) is 5.75 Å². The maximum absolute atomic E-state index is 12.3. The molecule has 2 N–H and O–H groups in total. The van der Waals surface area contributed by atoms with Gasteiger partial charge >= 0.3 is 0 Å². The van der Waals surface area contributed by atoms with Gasteiger partial charge in [0, 0.05) is 0 Å². The highest BCUT2D eigenvalue weighted by Crippen LogP contribution is 2.33. The monoisotopic (exact) mass is 393 g/mol. The van der Waals surface area contributed by atoms with E-state index < -0.39 is 0 Å². The first-order chi connectivity index (χ1) is 11.3. The van der Waals surface area contributed by atoms with E-state index in [9.17, 15) is 10.0 Å². The molecule has 0 amide bonds. The lowest BCUT2D eigenvalue weighted by molar-refractivity contribution is -0.614. The predicted molar refractivity (Wildman–Crippen MR) is 91.0 cm³/mol. The van der Waals surface area contributed by atoms with E-state index in [0.717, 1.165) is 15.9 Å². The van der Waals surface area contributed by atoms with Crippen LogP contribution in [0.5, 0.6) is 5.75 Å². The molecule has 3 heterocycles. The number of carbonyl (C=O) groups is 1. The Hall–Kier alpha value is -2.42. The number of ether oxygens (including phenoxy) is 1. The Morgan fingerprint density at radius 2 is 2.17 bits per heavy atom. The third kappa shape index (κ3) is 2.54. The van der Waals surface area contributed by atoms with Gasteiger partial charge in [0.1, 0.15) is 22.7 Å². The maximum Gasteiger partial charge on any atom is 0.223 e. The molecule has 1 aliphatic heterocycles. The number of nitrogens with two attached hydrogens (primary N) is 1. The van der Waals surface area contributed by atoms with E-state index in [1.54, 1.807) is 12.0 Å². The molecule has 0 fully saturated rings. The van der Waals surface area contributed by atoms with Crippen LogP contribution in [-0.4, -0.2) is 29.4 Å². The lowest BCUT2D eigenvalue weighted by atomic mass is 10.1. The second-order valence-corrected chi connectivity index (χ2v) is 6.34. The van der Waals surface area contributed by atoms with Gasteiger partial charge in [-0.05, 0) is 29.8 Å². The van der Waals surface area contributed by atoms with Crippen molar-refractivity contribution in [2.75, 3.05) is 24.3 Å². The van der Waals surface area contributed by atoms with Crippen molar-refractivity contribution < 1.29 is 14.3 Å². The zero-order chi connectivity index (χ0) is 17.6. The van der Waals surface area contributed by atoms with Gasteiger partial charge in [-0.1, -0.05) is 0 Å². The molecule has 0 bridgehead atoms. The Morgan fingerprint density at radius 1 is 1.46 bits per heavy atom. The number of nitrogens with zero attached hydrogens (tertiary/aromatic N) is 4. The van der Waals surface area contributed by atoms with Crippen molar-refractivity contribution in [3.05, 3.63) is 38.4 Å². The summed E-state index contributed by atoms with van der Waals surface area (Å²) in [5, 5.41) is 12.3. The Kier molecular flexibility index (Phi) is 4.04. The molecule has 2 aromatic rings. The number of anilines is 2. The Labute approximate surface area is 147 Å². The van der Waals surface area contributed by atoms with Gasteiger partial charge in [-0.2, -0.15) is 9.71 Å². The van der Waals surface area contributed by atoms with E-state index in [2.05, 4.69) is 25.9 Å². The number of methoxy groups -OCH3 is 1. The molecule has 8 nitrogen and oxygen atoms in total. The molecule has 0 unspecified atom stereocenters. The van der Waals surface area contributed by atoms with Gasteiger partial charge in [-0.3, -0.25) is 4.79 Å². The van der Waals surface area contributed by atoms with Crippen molar-refractivity contribution in [2.45, 2.75) is 20.4 Å². The Balaban J connectivity index is 2.05. The first kappa shape index (κ1) is 16.4. The summed E-state index contributed by atoms with van der Waals surface area (Å²) < 4.78 is 6.54. The molecule has 2 aromatic heterocycles. The standard InChI is InChI=1S/C15H16BrN5O3/c1-7-4-21(23)9(8(2)12(7)24-3)5-20-6-10(22)11-13(16)18-15(17)19-14(11)20/h4H,5-6H2,1-3H3,(H2,17,18,19). The highest BCUT2D eigenvalue weighted by atomic mass is 79.9. The van der Waals surface area contributed by atoms with Crippen molar-refractivity contribution in [3.63, 3.8) is 0 Å². The zero-order valence-electron chi connectivity index (χ0n) is 13.5. The smallest absolute Gasteiger partial charge is 0.223 e. The van der Waals surface area contributed by atoms with Gasteiger partial charge in [0.05, 0.1) is 30.3 Å². The molecular formula is C15H16BrN5O3. The summed E-state index contributed by atoms with van der Waals surface area (Å²) in [5.74, 6) is 1.03. The predicted octanol–water partition coefficient (Wildman–Crippen LogP) is 1.28. The van der Waals surface area contributed by atoms with Crippen LogP contribution in [-0.2, 0) is 6.54 Å². The maximum atomic E-state index is 12.3. The van der Waals surface area contributed by atoms with Crippen LogP contribution in [0.25, 0.3) is 0 Å². The largest absolute Gasteiger partial charge is 0.618 e. The molecule has 1 aliphatic rings. The average Bonchev–Trinajstić information content (AvgIpc) is 2.79. The van der Waals surface area contributed by atoms with Crippen molar-refractivity contribution >= 4 is 33.5 Å². The summed E-state index contributed by atoms with van der Waals surface area (Å²) in [6.07, 6.45) is 1.46. The van der Waals surface area contributed by atoms with Gasteiger partial charge in [0.25, 0.3) is 0 Å². The van der Waals surface area contributed by atoms with E-state index in [0.29, 0.717) is 27.4 Å². The fourth-order valence-electron chi connectivity index (χ4n) is 2.95.